The van der Waals surface area contributed by atoms with Crippen molar-refractivity contribution >= 4 is 21.4 Å². The van der Waals surface area contributed by atoms with Crippen molar-refractivity contribution in [1.82, 2.24) is 4.90 Å². The van der Waals surface area contributed by atoms with Gasteiger partial charge in [0.05, 0.1) is 0 Å². The molecule has 0 unspecified atom stereocenters. The molecule has 0 aliphatic carbocycles. The standard InChI is InChI=1S/C14H16FNS/c15-12-4-5-13-11(10-17-14(13)8-12)9-16-6-2-1-3-7-16/h4-5,8,10H,1-3,6-7,9H2. The number of fused-ring (bicyclic) bond motifs is 1. The van der Waals surface area contributed by atoms with E-state index in [0.29, 0.717) is 0 Å². The van der Waals surface area contributed by atoms with Gasteiger partial charge in [-0.2, -0.15) is 0 Å². The highest BCUT2D eigenvalue weighted by atomic mass is 32.1. The molecule has 2 heterocycles. The fourth-order valence-electron chi connectivity index (χ4n) is 2.54. The smallest absolute Gasteiger partial charge is 0.124 e. The fraction of sp³-hybridized carbons (Fsp3) is 0.429. The molecule has 0 amide bonds. The van der Waals surface area contributed by atoms with Crippen LogP contribution in [0.15, 0.2) is 23.6 Å². The molecule has 0 saturated carbocycles. The van der Waals surface area contributed by atoms with E-state index in [1.807, 2.05) is 6.07 Å². The highest BCUT2D eigenvalue weighted by Gasteiger charge is 2.13. The Labute approximate surface area is 105 Å². The van der Waals surface area contributed by atoms with Crippen LogP contribution in [0.5, 0.6) is 0 Å². The van der Waals surface area contributed by atoms with Crippen LogP contribution in [-0.4, -0.2) is 18.0 Å². The van der Waals surface area contributed by atoms with Crippen molar-refractivity contribution in [3.05, 3.63) is 35.0 Å². The molecule has 1 fully saturated rings. The molecule has 3 heteroatoms. The lowest BCUT2D eigenvalue weighted by Gasteiger charge is -2.26. The topological polar surface area (TPSA) is 3.24 Å². The Morgan fingerprint density at radius 2 is 2.00 bits per heavy atom. The zero-order chi connectivity index (χ0) is 11.7. The molecule has 0 atom stereocenters. The average Bonchev–Trinajstić information content (AvgIpc) is 2.73. The largest absolute Gasteiger partial charge is 0.299 e. The maximum absolute atomic E-state index is 13.1. The molecular weight excluding hydrogens is 233 g/mol. The minimum atomic E-state index is -0.135. The number of rotatable bonds is 2. The van der Waals surface area contributed by atoms with Crippen LogP contribution in [0, 0.1) is 5.82 Å². The number of nitrogens with zero attached hydrogens (tertiary/aromatic N) is 1. The molecule has 1 aromatic carbocycles. The first-order chi connectivity index (χ1) is 8.33. The van der Waals surface area contributed by atoms with E-state index in [0.717, 1.165) is 11.2 Å². The Kier molecular flexibility index (Phi) is 3.12. The van der Waals surface area contributed by atoms with Crippen LogP contribution in [0.2, 0.25) is 0 Å². The van der Waals surface area contributed by atoms with Crippen molar-refractivity contribution in [3.8, 4) is 0 Å². The van der Waals surface area contributed by atoms with Gasteiger partial charge in [-0.1, -0.05) is 12.5 Å². The Balaban J connectivity index is 1.84. The number of hydrogen-bond acceptors (Lipinski definition) is 2. The van der Waals surface area contributed by atoms with Gasteiger partial charge in [0.25, 0.3) is 0 Å². The third-order valence-corrected chi connectivity index (χ3v) is 4.45. The van der Waals surface area contributed by atoms with Crippen LogP contribution in [0.4, 0.5) is 4.39 Å². The van der Waals surface area contributed by atoms with Gasteiger partial charge in [0, 0.05) is 11.2 Å². The number of thiophene rings is 1. The molecule has 0 spiro atoms. The molecule has 1 saturated heterocycles. The van der Waals surface area contributed by atoms with Crippen LogP contribution < -0.4 is 0 Å². The molecule has 0 radical (unpaired) electrons. The number of halogens is 1. The van der Waals surface area contributed by atoms with Crippen molar-refractivity contribution in [3.63, 3.8) is 0 Å². The predicted octanol–water partition coefficient (Wildman–Crippen LogP) is 4.03. The maximum Gasteiger partial charge on any atom is 0.124 e. The Morgan fingerprint density at radius 1 is 1.18 bits per heavy atom. The van der Waals surface area contributed by atoms with Gasteiger partial charge in [-0.3, -0.25) is 4.90 Å². The van der Waals surface area contributed by atoms with Crippen molar-refractivity contribution < 1.29 is 4.39 Å². The van der Waals surface area contributed by atoms with Crippen LogP contribution in [0.25, 0.3) is 10.1 Å². The molecule has 90 valence electrons. The van der Waals surface area contributed by atoms with E-state index in [9.17, 15) is 4.39 Å². The molecule has 1 aliphatic rings. The second-order valence-corrected chi connectivity index (χ2v) is 5.65. The summed E-state index contributed by atoms with van der Waals surface area (Å²) in [7, 11) is 0. The molecule has 1 aromatic heterocycles. The lowest BCUT2D eigenvalue weighted by molar-refractivity contribution is 0.222. The van der Waals surface area contributed by atoms with Gasteiger partial charge in [-0.15, -0.1) is 11.3 Å². The number of piperidine rings is 1. The lowest BCUT2D eigenvalue weighted by atomic mass is 10.1. The van der Waals surface area contributed by atoms with Gasteiger partial charge in [-0.25, -0.2) is 4.39 Å². The Morgan fingerprint density at radius 3 is 2.82 bits per heavy atom. The van der Waals surface area contributed by atoms with Gasteiger partial charge in [0.1, 0.15) is 5.82 Å². The maximum atomic E-state index is 13.1. The zero-order valence-electron chi connectivity index (χ0n) is 9.79. The summed E-state index contributed by atoms with van der Waals surface area (Å²) in [6.07, 6.45) is 4.00. The Bertz CT molecular complexity index is 514. The molecule has 0 bridgehead atoms. The molecule has 17 heavy (non-hydrogen) atoms. The van der Waals surface area contributed by atoms with Crippen molar-refractivity contribution in [2.45, 2.75) is 25.8 Å². The monoisotopic (exact) mass is 249 g/mol. The van der Waals surface area contributed by atoms with Gasteiger partial charge in [0.15, 0.2) is 0 Å². The number of likely N-dealkylation sites (tertiary alicyclic amines) is 1. The van der Waals surface area contributed by atoms with E-state index in [4.69, 9.17) is 0 Å². The first-order valence-electron chi connectivity index (χ1n) is 6.21. The molecular formula is C14H16FNS. The van der Waals surface area contributed by atoms with Crippen LogP contribution >= 0.6 is 11.3 Å². The minimum absolute atomic E-state index is 0.135. The lowest BCUT2D eigenvalue weighted by Crippen LogP contribution is -2.28. The summed E-state index contributed by atoms with van der Waals surface area (Å²) in [6, 6.07) is 5.12. The normalized spacial score (nSPS) is 17.7. The van der Waals surface area contributed by atoms with E-state index >= 15 is 0 Å². The van der Waals surface area contributed by atoms with Crippen LogP contribution in [0.3, 0.4) is 0 Å². The van der Waals surface area contributed by atoms with E-state index in [-0.39, 0.29) is 5.82 Å². The van der Waals surface area contributed by atoms with Gasteiger partial charge < -0.3 is 0 Å². The van der Waals surface area contributed by atoms with E-state index < -0.39 is 0 Å². The SMILES string of the molecule is Fc1ccc2c(CN3CCCCC3)csc2c1. The van der Waals surface area contributed by atoms with Crippen molar-refractivity contribution in [2.24, 2.45) is 0 Å². The van der Waals surface area contributed by atoms with E-state index in [1.54, 1.807) is 23.5 Å². The van der Waals surface area contributed by atoms with Gasteiger partial charge in [0.2, 0.25) is 0 Å². The third-order valence-electron chi connectivity index (χ3n) is 3.46. The quantitative estimate of drug-likeness (QED) is 0.777. The molecule has 3 rings (SSSR count). The zero-order valence-corrected chi connectivity index (χ0v) is 10.6. The van der Waals surface area contributed by atoms with Gasteiger partial charge in [-0.05, 0) is 54.4 Å². The molecule has 1 aliphatic heterocycles. The summed E-state index contributed by atoms with van der Waals surface area (Å²) in [5, 5.41) is 3.40. The highest BCUT2D eigenvalue weighted by molar-refractivity contribution is 7.17. The van der Waals surface area contributed by atoms with Crippen molar-refractivity contribution in [1.29, 1.82) is 0 Å². The van der Waals surface area contributed by atoms with Crippen LogP contribution in [-0.2, 0) is 6.54 Å². The fourth-order valence-corrected chi connectivity index (χ4v) is 3.52. The van der Waals surface area contributed by atoms with E-state index in [2.05, 4.69) is 10.3 Å². The van der Waals surface area contributed by atoms with E-state index in [1.165, 1.54) is 43.3 Å². The summed E-state index contributed by atoms with van der Waals surface area (Å²) in [5.74, 6) is -0.135. The first kappa shape index (κ1) is 11.2. The Hall–Kier alpha value is -0.930. The first-order valence-corrected chi connectivity index (χ1v) is 7.09. The number of benzene rings is 1. The third kappa shape index (κ3) is 2.35. The average molecular weight is 249 g/mol. The van der Waals surface area contributed by atoms with Gasteiger partial charge >= 0.3 is 0 Å². The molecule has 1 nitrogen and oxygen atoms in total. The number of hydrogen-bond donors (Lipinski definition) is 0. The summed E-state index contributed by atoms with van der Waals surface area (Å²) in [4.78, 5) is 2.51. The summed E-state index contributed by atoms with van der Waals surface area (Å²) in [6.45, 7) is 3.43. The summed E-state index contributed by atoms with van der Waals surface area (Å²) >= 11 is 1.65. The summed E-state index contributed by atoms with van der Waals surface area (Å²) in [5.41, 5.74) is 1.35. The van der Waals surface area contributed by atoms with Crippen LogP contribution in [0.1, 0.15) is 24.8 Å². The molecule has 0 N–H and O–H groups in total. The minimum Gasteiger partial charge on any atom is -0.299 e. The van der Waals surface area contributed by atoms with Crippen molar-refractivity contribution in [2.75, 3.05) is 13.1 Å². The second-order valence-electron chi connectivity index (χ2n) is 4.74. The molecule has 2 aromatic rings. The highest BCUT2D eigenvalue weighted by Crippen LogP contribution is 2.28. The second kappa shape index (κ2) is 4.75. The predicted molar refractivity (Wildman–Crippen MR) is 70.9 cm³/mol. The summed E-state index contributed by atoms with van der Waals surface area (Å²) < 4.78 is 14.2.